The summed E-state index contributed by atoms with van der Waals surface area (Å²) in [5, 5.41) is 9.13. The molecule has 3 rings (SSSR count). The Morgan fingerprint density at radius 3 is 2.42 bits per heavy atom. The number of rotatable bonds is 7. The molecule has 2 aromatic carbocycles. The smallest absolute Gasteiger partial charge is 0.192 e. The summed E-state index contributed by atoms with van der Waals surface area (Å²) in [5.74, 6) is 1.62. The van der Waals surface area contributed by atoms with Crippen LogP contribution in [0.25, 0.3) is 11.4 Å². The summed E-state index contributed by atoms with van der Waals surface area (Å²) in [6, 6.07) is 17.1. The van der Waals surface area contributed by atoms with Gasteiger partial charge in [0.2, 0.25) is 0 Å². The number of carbonyl (C=O) groups excluding carboxylic acids is 1. The molecule has 1 atom stereocenters. The van der Waals surface area contributed by atoms with Crippen molar-refractivity contribution in [3.63, 3.8) is 0 Å². The molecule has 26 heavy (non-hydrogen) atoms. The molecule has 0 spiro atoms. The van der Waals surface area contributed by atoms with Crippen LogP contribution in [-0.2, 0) is 6.54 Å². The van der Waals surface area contributed by atoms with Gasteiger partial charge in [0, 0.05) is 17.7 Å². The first-order chi connectivity index (χ1) is 12.6. The zero-order valence-corrected chi connectivity index (χ0v) is 15.9. The average Bonchev–Trinajstić information content (AvgIpc) is 3.10. The van der Waals surface area contributed by atoms with E-state index in [1.54, 1.807) is 31.4 Å². The molecule has 134 valence electrons. The summed E-state index contributed by atoms with van der Waals surface area (Å²) < 4.78 is 7.18. The molecule has 1 unspecified atom stereocenters. The first-order valence-corrected chi connectivity index (χ1v) is 9.35. The van der Waals surface area contributed by atoms with Gasteiger partial charge in [-0.15, -0.1) is 10.2 Å². The van der Waals surface area contributed by atoms with Crippen LogP contribution in [-0.4, -0.2) is 32.9 Å². The number of aromatic nitrogens is 3. The van der Waals surface area contributed by atoms with E-state index in [0.29, 0.717) is 5.56 Å². The molecule has 0 saturated carbocycles. The maximum atomic E-state index is 12.7. The summed E-state index contributed by atoms with van der Waals surface area (Å²) in [6.45, 7) is 4.69. The highest BCUT2D eigenvalue weighted by Crippen LogP contribution is 2.28. The van der Waals surface area contributed by atoms with Gasteiger partial charge in [-0.3, -0.25) is 4.79 Å². The Balaban J connectivity index is 1.79. The Labute approximate surface area is 157 Å². The lowest BCUT2D eigenvalue weighted by atomic mass is 10.1. The fourth-order valence-corrected chi connectivity index (χ4v) is 3.65. The average molecular weight is 367 g/mol. The minimum absolute atomic E-state index is 0.0598. The van der Waals surface area contributed by atoms with E-state index < -0.39 is 0 Å². The van der Waals surface area contributed by atoms with E-state index in [2.05, 4.69) is 17.1 Å². The second-order valence-corrected chi connectivity index (χ2v) is 7.08. The van der Waals surface area contributed by atoms with Gasteiger partial charge < -0.3 is 9.30 Å². The minimum atomic E-state index is -0.262. The van der Waals surface area contributed by atoms with Crippen molar-refractivity contribution in [1.82, 2.24) is 14.8 Å². The quantitative estimate of drug-likeness (QED) is 0.459. The van der Waals surface area contributed by atoms with Crippen molar-refractivity contribution in [3.05, 3.63) is 60.2 Å². The van der Waals surface area contributed by atoms with Crippen molar-refractivity contribution in [2.24, 2.45) is 0 Å². The zero-order valence-electron chi connectivity index (χ0n) is 15.0. The Morgan fingerprint density at radius 1 is 1.12 bits per heavy atom. The Kier molecular flexibility index (Phi) is 5.73. The zero-order chi connectivity index (χ0) is 18.5. The fraction of sp³-hybridized carbons (Fsp3) is 0.250. The lowest BCUT2D eigenvalue weighted by molar-refractivity contribution is 0.0994. The van der Waals surface area contributed by atoms with Gasteiger partial charge in [-0.2, -0.15) is 0 Å². The number of hydrogen-bond donors (Lipinski definition) is 0. The third-order valence-electron chi connectivity index (χ3n) is 4.09. The van der Waals surface area contributed by atoms with Gasteiger partial charge in [0.15, 0.2) is 16.8 Å². The number of ketones is 1. The molecule has 1 aromatic heterocycles. The first-order valence-electron chi connectivity index (χ1n) is 8.47. The second-order valence-electron chi connectivity index (χ2n) is 5.77. The number of ether oxygens (including phenoxy) is 1. The van der Waals surface area contributed by atoms with Crippen LogP contribution in [0.15, 0.2) is 59.8 Å². The molecule has 0 N–H and O–H groups in total. The van der Waals surface area contributed by atoms with Gasteiger partial charge in [0.25, 0.3) is 0 Å². The molecular weight excluding hydrogens is 346 g/mol. The van der Waals surface area contributed by atoms with Crippen molar-refractivity contribution >= 4 is 17.5 Å². The van der Waals surface area contributed by atoms with Gasteiger partial charge >= 0.3 is 0 Å². The largest absolute Gasteiger partial charge is 0.497 e. The number of thioether (sulfide) groups is 1. The van der Waals surface area contributed by atoms with Gasteiger partial charge in [0.1, 0.15) is 5.75 Å². The van der Waals surface area contributed by atoms with E-state index in [0.717, 1.165) is 28.8 Å². The van der Waals surface area contributed by atoms with E-state index in [-0.39, 0.29) is 11.0 Å². The van der Waals surface area contributed by atoms with Gasteiger partial charge in [-0.1, -0.05) is 42.1 Å². The molecule has 0 saturated heterocycles. The number of Topliss-reactive ketones (excluding diaryl/α,β-unsaturated/α-hetero) is 1. The van der Waals surface area contributed by atoms with Crippen LogP contribution in [0.3, 0.4) is 0 Å². The third-order valence-corrected chi connectivity index (χ3v) is 5.17. The number of methoxy groups -OCH3 is 1. The fourth-order valence-electron chi connectivity index (χ4n) is 2.66. The van der Waals surface area contributed by atoms with Crippen molar-refractivity contribution in [2.45, 2.75) is 30.8 Å². The monoisotopic (exact) mass is 367 g/mol. The van der Waals surface area contributed by atoms with Crippen LogP contribution < -0.4 is 4.74 Å². The van der Waals surface area contributed by atoms with Crippen LogP contribution in [0.4, 0.5) is 0 Å². The van der Waals surface area contributed by atoms with Crippen molar-refractivity contribution in [2.75, 3.05) is 7.11 Å². The highest BCUT2D eigenvalue weighted by atomic mass is 32.2. The van der Waals surface area contributed by atoms with Crippen molar-refractivity contribution in [3.8, 4) is 17.1 Å². The van der Waals surface area contributed by atoms with Crippen molar-refractivity contribution < 1.29 is 9.53 Å². The number of benzene rings is 2. The minimum Gasteiger partial charge on any atom is -0.497 e. The van der Waals surface area contributed by atoms with Crippen LogP contribution >= 0.6 is 11.8 Å². The summed E-state index contributed by atoms with van der Waals surface area (Å²) in [5.41, 5.74) is 1.68. The lowest BCUT2D eigenvalue weighted by Gasteiger charge is -2.12. The molecule has 0 aliphatic heterocycles. The second kappa shape index (κ2) is 8.19. The van der Waals surface area contributed by atoms with Crippen LogP contribution in [0.5, 0.6) is 5.75 Å². The molecule has 0 fully saturated rings. The van der Waals surface area contributed by atoms with Crippen LogP contribution in [0.1, 0.15) is 24.2 Å². The summed E-state index contributed by atoms with van der Waals surface area (Å²) in [4.78, 5) is 12.7. The molecular formula is C20H21N3O2S. The molecule has 1 heterocycles. The molecule has 0 radical (unpaired) electrons. The van der Waals surface area contributed by atoms with Crippen LogP contribution in [0.2, 0.25) is 0 Å². The normalized spacial score (nSPS) is 12.0. The standard InChI is InChI=1S/C20H21N3O2S/c1-4-23-19(16-8-6-5-7-9-16)21-22-20(23)26-14(2)18(24)15-10-12-17(25-3)13-11-15/h5-14H,4H2,1-3H3. The van der Waals surface area contributed by atoms with E-state index in [9.17, 15) is 4.79 Å². The number of hydrogen-bond acceptors (Lipinski definition) is 5. The molecule has 5 nitrogen and oxygen atoms in total. The number of carbonyl (C=O) groups is 1. The van der Waals surface area contributed by atoms with Gasteiger partial charge in [0.05, 0.1) is 12.4 Å². The maximum absolute atomic E-state index is 12.7. The highest BCUT2D eigenvalue weighted by Gasteiger charge is 2.21. The third kappa shape index (κ3) is 3.80. The SMILES string of the molecule is CCn1c(SC(C)C(=O)c2ccc(OC)cc2)nnc1-c1ccccc1. The first kappa shape index (κ1) is 18.2. The number of nitrogens with zero attached hydrogens (tertiary/aromatic N) is 3. The molecule has 6 heteroatoms. The van der Waals surface area contributed by atoms with E-state index in [1.807, 2.05) is 41.8 Å². The molecule has 0 bridgehead atoms. The summed E-state index contributed by atoms with van der Waals surface area (Å²) >= 11 is 1.43. The highest BCUT2D eigenvalue weighted by molar-refractivity contribution is 8.00. The summed E-state index contributed by atoms with van der Waals surface area (Å²) in [6.07, 6.45) is 0. The molecule has 3 aromatic rings. The Bertz CT molecular complexity index is 876. The lowest BCUT2D eigenvalue weighted by Crippen LogP contribution is -2.14. The molecule has 0 aliphatic carbocycles. The Hall–Kier alpha value is -2.60. The van der Waals surface area contributed by atoms with Gasteiger partial charge in [-0.05, 0) is 38.1 Å². The van der Waals surface area contributed by atoms with E-state index in [1.165, 1.54) is 11.8 Å². The van der Waals surface area contributed by atoms with E-state index >= 15 is 0 Å². The van der Waals surface area contributed by atoms with Crippen LogP contribution in [0, 0.1) is 0 Å². The van der Waals surface area contributed by atoms with Crippen molar-refractivity contribution in [1.29, 1.82) is 0 Å². The summed E-state index contributed by atoms with van der Waals surface area (Å²) in [7, 11) is 1.61. The van der Waals surface area contributed by atoms with E-state index in [4.69, 9.17) is 4.74 Å². The predicted octanol–water partition coefficient (Wildman–Crippen LogP) is 4.34. The molecule has 0 aliphatic rings. The Morgan fingerprint density at radius 2 is 1.81 bits per heavy atom. The predicted molar refractivity (Wildman–Crippen MR) is 104 cm³/mol. The molecule has 0 amide bonds. The van der Waals surface area contributed by atoms with Gasteiger partial charge in [-0.25, -0.2) is 0 Å². The maximum Gasteiger partial charge on any atom is 0.192 e. The topological polar surface area (TPSA) is 57.0 Å².